The highest BCUT2D eigenvalue weighted by Gasteiger charge is 2.27. The molecule has 0 aromatic carbocycles. The summed E-state index contributed by atoms with van der Waals surface area (Å²) in [6.45, 7) is -0.628. The van der Waals surface area contributed by atoms with E-state index in [4.69, 9.17) is 13.3 Å². The molecule has 0 aliphatic rings. The van der Waals surface area contributed by atoms with Crippen molar-refractivity contribution in [2.45, 2.75) is 47.3 Å². The first-order valence-corrected chi connectivity index (χ1v) is 3.84. The summed E-state index contributed by atoms with van der Waals surface area (Å²) >= 11 is 0. The molecule has 0 radical (unpaired) electrons. The van der Waals surface area contributed by atoms with Gasteiger partial charge in [0.1, 0.15) is 0 Å². The molecule has 72 valence electrons. The van der Waals surface area contributed by atoms with E-state index in [1.807, 2.05) is 0 Å². The first kappa shape index (κ1) is 4.64. The van der Waals surface area contributed by atoms with E-state index < -0.39 is 36.9 Å². The van der Waals surface area contributed by atoms with Crippen LogP contribution in [0.1, 0.15) is 55.5 Å². The number of carbonyl (C=O) groups is 1. The van der Waals surface area contributed by atoms with E-state index >= 15 is 0 Å². The van der Waals surface area contributed by atoms with Gasteiger partial charge in [0.2, 0.25) is 0 Å². The summed E-state index contributed by atoms with van der Waals surface area (Å²) in [5.41, 5.74) is -2.82. The Hall–Kier alpha value is -0.530. The Balaban J connectivity index is 5.81. The zero-order chi connectivity index (χ0) is 15.0. The van der Waals surface area contributed by atoms with Crippen LogP contribution in [0.5, 0.6) is 0 Å². The highest BCUT2D eigenvalue weighted by molar-refractivity contribution is 5.67. The number of rotatable bonds is 3. The van der Waals surface area contributed by atoms with Gasteiger partial charge < -0.3 is 5.11 Å². The average Bonchev–Trinajstić information content (AvgIpc) is 1.93. The predicted octanol–water partition coefficient (Wildman–Crippen LogP) is 2.92. The molecule has 0 aromatic rings. The minimum Gasteiger partial charge on any atom is -0.481 e. The van der Waals surface area contributed by atoms with Gasteiger partial charge in [-0.05, 0) is 17.3 Å². The molecule has 0 spiro atoms. The molecule has 0 heterocycles. The molecule has 0 atom stereocenters. The summed E-state index contributed by atoms with van der Waals surface area (Å²) in [6.07, 6.45) is -1.10. The van der Waals surface area contributed by atoms with E-state index in [2.05, 4.69) is 0 Å². The molecule has 0 unspecified atom stereocenters. The topological polar surface area (TPSA) is 37.3 Å². The number of aliphatic carboxylic acids is 1. The summed E-state index contributed by atoms with van der Waals surface area (Å²) in [6, 6.07) is 0. The van der Waals surface area contributed by atoms with Gasteiger partial charge >= 0.3 is 5.97 Å². The lowest BCUT2D eigenvalue weighted by Gasteiger charge is -2.30. The van der Waals surface area contributed by atoms with Gasteiger partial charge in [0.05, 0.1) is 6.42 Å². The van der Waals surface area contributed by atoms with Crippen LogP contribution in [0.4, 0.5) is 0 Å². The van der Waals surface area contributed by atoms with Gasteiger partial charge in [0.25, 0.3) is 0 Å². The largest absolute Gasteiger partial charge is 0.481 e. The lowest BCUT2D eigenvalue weighted by molar-refractivity contribution is -0.139. The standard InChI is InChI=1S/C10H20O2/c1-9(2,3)7-10(4,5)6-8(11)12/h6-7H2,1-5H3,(H,11,12)/i4D3,5D3. The zero-order valence-corrected chi connectivity index (χ0v) is 7.77. The molecule has 2 nitrogen and oxygen atoms in total. The smallest absolute Gasteiger partial charge is 0.303 e. The van der Waals surface area contributed by atoms with E-state index in [0.29, 0.717) is 0 Å². The van der Waals surface area contributed by atoms with Crippen molar-refractivity contribution >= 4 is 5.97 Å². The molecule has 0 aliphatic carbocycles. The van der Waals surface area contributed by atoms with Crippen molar-refractivity contribution in [3.8, 4) is 0 Å². The van der Waals surface area contributed by atoms with Crippen LogP contribution in [0, 0.1) is 10.8 Å². The van der Waals surface area contributed by atoms with Crippen LogP contribution in [-0.4, -0.2) is 11.1 Å². The Bertz CT molecular complexity index is 296. The molecule has 0 fully saturated rings. The van der Waals surface area contributed by atoms with Gasteiger partial charge in [-0.1, -0.05) is 34.5 Å². The van der Waals surface area contributed by atoms with Crippen molar-refractivity contribution in [1.29, 1.82) is 0 Å². The Kier molecular flexibility index (Phi) is 1.34. The second-order valence-electron chi connectivity index (χ2n) is 4.39. The summed E-state index contributed by atoms with van der Waals surface area (Å²) in [5.74, 6) is -1.41. The van der Waals surface area contributed by atoms with Crippen molar-refractivity contribution in [1.82, 2.24) is 0 Å². The highest BCUT2D eigenvalue weighted by atomic mass is 16.4. The van der Waals surface area contributed by atoms with Gasteiger partial charge in [-0.25, -0.2) is 0 Å². The van der Waals surface area contributed by atoms with Gasteiger partial charge in [0, 0.05) is 8.22 Å². The molecule has 2 heteroatoms. The van der Waals surface area contributed by atoms with E-state index in [9.17, 15) is 4.79 Å². The first-order chi connectivity index (χ1) is 7.62. The van der Waals surface area contributed by atoms with Crippen molar-refractivity contribution < 1.29 is 18.1 Å². The Labute approximate surface area is 83.4 Å². The third-order valence-electron chi connectivity index (χ3n) is 1.29. The number of carboxylic acid groups (broad SMARTS) is 1. The SMILES string of the molecule is [2H]C([2H])([2H])C(CC(=O)O)(CC(C)(C)C)C([2H])([2H])[2H]. The van der Waals surface area contributed by atoms with E-state index in [1.54, 1.807) is 20.8 Å². The summed E-state index contributed by atoms with van der Waals surface area (Å²) < 4.78 is 44.9. The van der Waals surface area contributed by atoms with Gasteiger partial charge in [-0.2, -0.15) is 0 Å². The van der Waals surface area contributed by atoms with Crippen molar-refractivity contribution in [3.63, 3.8) is 0 Å². The summed E-state index contributed by atoms with van der Waals surface area (Å²) in [5, 5.41) is 8.87. The van der Waals surface area contributed by atoms with Crippen LogP contribution >= 0.6 is 0 Å². The van der Waals surface area contributed by atoms with Crippen molar-refractivity contribution in [3.05, 3.63) is 0 Å². The lowest BCUT2D eigenvalue weighted by atomic mass is 9.74. The van der Waals surface area contributed by atoms with Crippen molar-refractivity contribution in [2.24, 2.45) is 10.8 Å². The van der Waals surface area contributed by atoms with E-state index in [-0.39, 0.29) is 6.42 Å². The van der Waals surface area contributed by atoms with Crippen molar-refractivity contribution in [2.75, 3.05) is 0 Å². The molecule has 0 aliphatic heterocycles. The third kappa shape index (κ3) is 6.20. The summed E-state index contributed by atoms with van der Waals surface area (Å²) in [7, 11) is 0. The van der Waals surface area contributed by atoms with Gasteiger partial charge in [0.15, 0.2) is 0 Å². The highest BCUT2D eigenvalue weighted by Crippen LogP contribution is 2.35. The number of hydrogen-bond acceptors (Lipinski definition) is 1. The quantitative estimate of drug-likeness (QED) is 0.721. The molecule has 0 aromatic heterocycles. The maximum atomic E-state index is 10.9. The zero-order valence-electron chi connectivity index (χ0n) is 13.8. The lowest BCUT2D eigenvalue weighted by Crippen LogP contribution is -2.23. The van der Waals surface area contributed by atoms with Crippen LogP contribution in [-0.2, 0) is 4.79 Å². The molecule has 12 heavy (non-hydrogen) atoms. The third-order valence-corrected chi connectivity index (χ3v) is 1.29. The molecule has 0 amide bonds. The normalized spacial score (nSPS) is 22.6. The minimum absolute atomic E-state index is 0.209. The molecular weight excluding hydrogens is 152 g/mol. The average molecular weight is 178 g/mol. The first-order valence-electron chi connectivity index (χ1n) is 6.84. The maximum Gasteiger partial charge on any atom is 0.303 e. The van der Waals surface area contributed by atoms with Crippen LogP contribution in [0.2, 0.25) is 0 Å². The molecule has 0 saturated heterocycles. The van der Waals surface area contributed by atoms with Crippen LogP contribution in [0.15, 0.2) is 0 Å². The van der Waals surface area contributed by atoms with E-state index in [1.165, 1.54) is 0 Å². The molecule has 0 rings (SSSR count). The maximum absolute atomic E-state index is 10.9. The second-order valence-corrected chi connectivity index (χ2v) is 4.39. The number of hydrogen-bond donors (Lipinski definition) is 1. The minimum atomic E-state index is -2.86. The Morgan fingerprint density at radius 2 is 1.92 bits per heavy atom. The van der Waals surface area contributed by atoms with E-state index in [0.717, 1.165) is 0 Å². The molecule has 0 bridgehead atoms. The fraction of sp³-hybridized carbons (Fsp3) is 0.900. The summed E-state index contributed by atoms with van der Waals surface area (Å²) in [4.78, 5) is 10.9. The Morgan fingerprint density at radius 1 is 1.42 bits per heavy atom. The predicted molar refractivity (Wildman–Crippen MR) is 50.1 cm³/mol. The van der Waals surface area contributed by atoms with Crippen LogP contribution in [0.3, 0.4) is 0 Å². The molecular formula is C10H20O2. The monoisotopic (exact) mass is 178 g/mol. The Morgan fingerprint density at radius 3 is 2.17 bits per heavy atom. The fourth-order valence-corrected chi connectivity index (χ4v) is 1.23. The van der Waals surface area contributed by atoms with Crippen LogP contribution < -0.4 is 0 Å². The fourth-order valence-electron chi connectivity index (χ4n) is 1.23. The molecule has 1 N–H and O–H groups in total. The molecule has 0 saturated carbocycles. The van der Waals surface area contributed by atoms with Gasteiger partial charge in [-0.15, -0.1) is 0 Å². The second kappa shape index (κ2) is 3.46. The van der Waals surface area contributed by atoms with Crippen LogP contribution in [0.25, 0.3) is 0 Å². The number of carboxylic acids is 1. The van der Waals surface area contributed by atoms with Gasteiger partial charge in [-0.3, -0.25) is 4.79 Å².